The van der Waals surface area contributed by atoms with Gasteiger partial charge in [0.15, 0.2) is 0 Å². The summed E-state index contributed by atoms with van der Waals surface area (Å²) < 4.78 is 1.32. The molecule has 1 aliphatic rings. The number of amides is 1. The van der Waals surface area contributed by atoms with Crippen LogP contribution < -0.4 is 5.56 Å². The van der Waals surface area contributed by atoms with Gasteiger partial charge in [0.05, 0.1) is 10.7 Å². The van der Waals surface area contributed by atoms with E-state index >= 15 is 0 Å². The Morgan fingerprint density at radius 3 is 2.47 bits per heavy atom. The Bertz CT molecular complexity index is 1330. The summed E-state index contributed by atoms with van der Waals surface area (Å²) >= 11 is 7.63. The van der Waals surface area contributed by atoms with Crippen molar-refractivity contribution in [2.45, 2.75) is 6.54 Å². The number of fused-ring (bicyclic) bond motifs is 1. The second-order valence-corrected chi connectivity index (χ2v) is 8.96. The largest absolute Gasteiger partial charge is 0.336 e. The van der Waals surface area contributed by atoms with Gasteiger partial charge in [-0.1, -0.05) is 59.3 Å². The number of benzene rings is 2. The Balaban J connectivity index is 1.29. The number of hydrogen-bond acceptors (Lipinski definition) is 6. The van der Waals surface area contributed by atoms with Crippen LogP contribution >= 0.6 is 22.9 Å². The van der Waals surface area contributed by atoms with Crippen LogP contribution in [0.25, 0.3) is 15.5 Å². The van der Waals surface area contributed by atoms with Crippen LogP contribution in [0, 0.1) is 0 Å². The molecule has 0 atom stereocenters. The number of hydrogen-bond donors (Lipinski definition) is 0. The third kappa shape index (κ3) is 4.17. The maximum atomic E-state index is 12.6. The molecule has 7 nitrogen and oxygen atoms in total. The molecule has 0 aliphatic carbocycles. The van der Waals surface area contributed by atoms with Crippen LogP contribution in [-0.2, 0) is 6.54 Å². The first kappa shape index (κ1) is 20.8. The molecule has 0 N–H and O–H groups in total. The highest BCUT2D eigenvalue weighted by atomic mass is 35.5. The molecule has 1 aliphatic heterocycles. The molecule has 2 aromatic heterocycles. The van der Waals surface area contributed by atoms with Gasteiger partial charge >= 0.3 is 0 Å². The quantitative estimate of drug-likeness (QED) is 0.462. The number of carbonyl (C=O) groups excluding carboxylic acids is 1. The van der Waals surface area contributed by atoms with Crippen molar-refractivity contribution in [2.75, 3.05) is 26.2 Å². The van der Waals surface area contributed by atoms with Crippen molar-refractivity contribution < 1.29 is 4.79 Å². The fourth-order valence-electron chi connectivity index (χ4n) is 3.78. The van der Waals surface area contributed by atoms with Crippen LogP contribution in [0.5, 0.6) is 0 Å². The van der Waals surface area contributed by atoms with Crippen molar-refractivity contribution in [1.29, 1.82) is 0 Å². The topological polar surface area (TPSA) is 70.8 Å². The van der Waals surface area contributed by atoms with E-state index in [0.29, 0.717) is 45.9 Å². The second-order valence-electron chi connectivity index (χ2n) is 7.60. The summed E-state index contributed by atoms with van der Waals surface area (Å²) in [6.45, 7) is 3.30. The average Bonchev–Trinajstić information content (AvgIpc) is 3.24. The minimum absolute atomic E-state index is 0.0554. The van der Waals surface area contributed by atoms with Gasteiger partial charge in [0.2, 0.25) is 4.96 Å². The van der Waals surface area contributed by atoms with Gasteiger partial charge in [-0.25, -0.2) is 4.98 Å². The normalized spacial score (nSPS) is 14.7. The van der Waals surface area contributed by atoms with E-state index in [9.17, 15) is 9.59 Å². The van der Waals surface area contributed by atoms with E-state index in [4.69, 9.17) is 11.6 Å². The van der Waals surface area contributed by atoms with Crippen LogP contribution in [0.3, 0.4) is 0 Å². The lowest BCUT2D eigenvalue weighted by Gasteiger charge is -2.34. The molecule has 0 unspecified atom stereocenters. The smallest absolute Gasteiger partial charge is 0.275 e. The summed E-state index contributed by atoms with van der Waals surface area (Å²) in [4.78, 5) is 34.6. The molecule has 3 heterocycles. The standard InChI is InChI=1S/C23H20ClN5O2S/c24-19-9-5-4-8-18(19)21-26-29-20(30)14-17(25-23(29)32-21)15-27-10-12-28(13-11-27)22(31)16-6-2-1-3-7-16/h1-9,14H,10-13,15H2. The predicted molar refractivity (Wildman–Crippen MR) is 125 cm³/mol. The number of halogens is 1. The highest BCUT2D eigenvalue weighted by molar-refractivity contribution is 7.19. The maximum absolute atomic E-state index is 12.6. The molecular weight excluding hydrogens is 446 g/mol. The number of carbonyl (C=O) groups is 1. The van der Waals surface area contributed by atoms with Crippen molar-refractivity contribution in [2.24, 2.45) is 0 Å². The van der Waals surface area contributed by atoms with Gasteiger partial charge in [0, 0.05) is 49.9 Å². The third-order valence-electron chi connectivity index (χ3n) is 5.47. The molecule has 1 saturated heterocycles. The lowest BCUT2D eigenvalue weighted by atomic mass is 10.2. The Morgan fingerprint density at radius 2 is 1.72 bits per heavy atom. The van der Waals surface area contributed by atoms with E-state index in [1.165, 1.54) is 21.9 Å². The lowest BCUT2D eigenvalue weighted by Crippen LogP contribution is -2.48. The molecule has 4 aromatic rings. The summed E-state index contributed by atoms with van der Waals surface area (Å²) in [5.41, 5.74) is 1.98. The molecule has 0 spiro atoms. The Labute approximate surface area is 193 Å². The number of aromatic nitrogens is 3. The first-order valence-electron chi connectivity index (χ1n) is 10.3. The Hall–Kier alpha value is -3.07. The van der Waals surface area contributed by atoms with Gasteiger partial charge in [-0.05, 0) is 18.2 Å². The van der Waals surface area contributed by atoms with Crippen molar-refractivity contribution in [3.63, 3.8) is 0 Å². The molecule has 2 aromatic carbocycles. The molecule has 32 heavy (non-hydrogen) atoms. The van der Waals surface area contributed by atoms with Gasteiger partial charge in [0.25, 0.3) is 11.5 Å². The summed E-state index contributed by atoms with van der Waals surface area (Å²) in [7, 11) is 0. The zero-order chi connectivity index (χ0) is 22.1. The van der Waals surface area contributed by atoms with Gasteiger partial charge < -0.3 is 4.90 Å². The highest BCUT2D eigenvalue weighted by Gasteiger charge is 2.23. The van der Waals surface area contributed by atoms with E-state index in [0.717, 1.165) is 18.7 Å². The molecular formula is C23H20ClN5O2S. The minimum atomic E-state index is -0.211. The highest BCUT2D eigenvalue weighted by Crippen LogP contribution is 2.30. The summed E-state index contributed by atoms with van der Waals surface area (Å²) in [5.74, 6) is 0.0554. The van der Waals surface area contributed by atoms with Crippen molar-refractivity contribution in [1.82, 2.24) is 24.4 Å². The second kappa shape index (κ2) is 8.82. The van der Waals surface area contributed by atoms with E-state index in [2.05, 4.69) is 15.0 Å². The molecule has 1 fully saturated rings. The SMILES string of the molecule is O=C(c1ccccc1)N1CCN(Cc2cc(=O)n3nc(-c4ccccc4Cl)sc3n2)CC1. The van der Waals surface area contributed by atoms with E-state index in [1.54, 1.807) is 6.07 Å². The van der Waals surface area contributed by atoms with Gasteiger partial charge in [-0.2, -0.15) is 9.61 Å². The monoisotopic (exact) mass is 465 g/mol. The average molecular weight is 466 g/mol. The minimum Gasteiger partial charge on any atom is -0.336 e. The van der Waals surface area contributed by atoms with Crippen LogP contribution in [-0.4, -0.2) is 56.5 Å². The zero-order valence-electron chi connectivity index (χ0n) is 17.1. The van der Waals surface area contributed by atoms with Gasteiger partial charge in [0.1, 0.15) is 5.01 Å². The maximum Gasteiger partial charge on any atom is 0.275 e. The van der Waals surface area contributed by atoms with Gasteiger partial charge in [-0.3, -0.25) is 14.5 Å². The van der Waals surface area contributed by atoms with Crippen molar-refractivity contribution >= 4 is 33.8 Å². The van der Waals surface area contributed by atoms with Crippen LogP contribution in [0.15, 0.2) is 65.5 Å². The van der Waals surface area contributed by atoms with Crippen molar-refractivity contribution in [3.8, 4) is 10.6 Å². The summed E-state index contributed by atoms with van der Waals surface area (Å²) in [6, 6.07) is 18.3. The predicted octanol–water partition coefficient (Wildman–Crippen LogP) is 3.43. The van der Waals surface area contributed by atoms with Crippen LogP contribution in [0.1, 0.15) is 16.1 Å². The number of rotatable bonds is 4. The molecule has 0 bridgehead atoms. The van der Waals surface area contributed by atoms with E-state index in [1.807, 2.05) is 53.4 Å². The third-order valence-corrected chi connectivity index (χ3v) is 6.74. The molecule has 0 radical (unpaired) electrons. The fraction of sp³-hybridized carbons (Fsp3) is 0.217. The van der Waals surface area contributed by atoms with Crippen LogP contribution in [0.4, 0.5) is 0 Å². The molecule has 1 amide bonds. The van der Waals surface area contributed by atoms with Crippen molar-refractivity contribution in [3.05, 3.63) is 87.3 Å². The van der Waals surface area contributed by atoms with Gasteiger partial charge in [-0.15, -0.1) is 0 Å². The number of piperazine rings is 1. The van der Waals surface area contributed by atoms with E-state index < -0.39 is 0 Å². The number of nitrogens with zero attached hydrogens (tertiary/aromatic N) is 5. The molecule has 162 valence electrons. The molecule has 5 rings (SSSR count). The first-order chi connectivity index (χ1) is 15.6. The summed E-state index contributed by atoms with van der Waals surface area (Å²) in [5, 5.41) is 5.65. The summed E-state index contributed by atoms with van der Waals surface area (Å²) in [6.07, 6.45) is 0. The molecule has 0 saturated carbocycles. The molecule has 9 heteroatoms. The van der Waals surface area contributed by atoms with E-state index in [-0.39, 0.29) is 11.5 Å². The zero-order valence-corrected chi connectivity index (χ0v) is 18.7. The first-order valence-corrected chi connectivity index (χ1v) is 11.5. The lowest BCUT2D eigenvalue weighted by molar-refractivity contribution is 0.0627. The fourth-order valence-corrected chi connectivity index (χ4v) is 5.03. The Kier molecular flexibility index (Phi) is 5.73. The van der Waals surface area contributed by atoms with Crippen LogP contribution in [0.2, 0.25) is 5.02 Å². The Morgan fingerprint density at radius 1 is 1.00 bits per heavy atom.